The summed E-state index contributed by atoms with van der Waals surface area (Å²) in [4.78, 5) is 19.0. The Morgan fingerprint density at radius 1 is 1.07 bits per heavy atom. The number of carbonyl (C=O) groups excluding carboxylic acids is 1. The molecule has 4 aromatic rings. The molecule has 1 aromatic carbocycles. The van der Waals surface area contributed by atoms with Crippen LogP contribution in [-0.4, -0.2) is 37.2 Å². The first-order valence-electron chi connectivity index (χ1n) is 8.76. The van der Waals surface area contributed by atoms with E-state index < -0.39 is 0 Å². The van der Waals surface area contributed by atoms with Crippen molar-refractivity contribution in [3.63, 3.8) is 0 Å². The Bertz CT molecular complexity index is 1070. The average Bonchev–Trinajstić information content (AvgIpc) is 3.38. The largest absolute Gasteiger partial charge is 0.336 e. The highest BCUT2D eigenvalue weighted by molar-refractivity contribution is 5.97. The van der Waals surface area contributed by atoms with E-state index in [1.54, 1.807) is 35.0 Å². The van der Waals surface area contributed by atoms with E-state index in [0.29, 0.717) is 23.6 Å². The maximum atomic E-state index is 13.3. The first-order valence-corrected chi connectivity index (χ1v) is 8.76. The molecule has 0 radical (unpaired) electrons. The van der Waals surface area contributed by atoms with Crippen molar-refractivity contribution in [3.05, 3.63) is 96.5 Å². The third-order valence-electron chi connectivity index (χ3n) is 4.37. The van der Waals surface area contributed by atoms with Crippen molar-refractivity contribution in [3.8, 4) is 11.5 Å². The van der Waals surface area contributed by atoms with E-state index in [1.165, 1.54) is 18.3 Å². The summed E-state index contributed by atoms with van der Waals surface area (Å²) >= 11 is 0. The third kappa shape index (κ3) is 3.42. The van der Waals surface area contributed by atoms with E-state index in [-0.39, 0.29) is 11.7 Å². The van der Waals surface area contributed by atoms with Gasteiger partial charge in [0, 0.05) is 25.6 Å². The van der Waals surface area contributed by atoms with Gasteiger partial charge in [-0.05, 0) is 48.5 Å². The third-order valence-corrected chi connectivity index (χ3v) is 4.37. The van der Waals surface area contributed by atoms with Crippen LogP contribution < -0.4 is 0 Å². The van der Waals surface area contributed by atoms with Crippen molar-refractivity contribution in [2.24, 2.45) is 0 Å². The Labute approximate surface area is 161 Å². The minimum Gasteiger partial charge on any atom is -0.336 e. The summed E-state index contributed by atoms with van der Waals surface area (Å²) in [6, 6.07) is 15.3. The predicted molar refractivity (Wildman–Crippen MR) is 103 cm³/mol. The molecule has 3 heterocycles. The normalized spacial score (nSPS) is 10.8. The maximum Gasteiger partial charge on any atom is 0.259 e. The summed E-state index contributed by atoms with van der Waals surface area (Å²) in [7, 11) is 1.73. The standard InChI is InChI=1S/C21H18FN5O/c1-25(15-17-6-2-3-11-23-17)21(28)19-14-24-27(18-9-7-16(22)8-10-18)20(19)26-12-4-5-13-26/h2-14H,15H2,1H3. The molecule has 0 spiro atoms. The summed E-state index contributed by atoms with van der Waals surface area (Å²) in [5.74, 6) is 0.0852. The van der Waals surface area contributed by atoms with Gasteiger partial charge in [0.25, 0.3) is 5.91 Å². The Morgan fingerprint density at radius 3 is 2.50 bits per heavy atom. The molecule has 140 valence electrons. The van der Waals surface area contributed by atoms with Crippen LogP contribution in [-0.2, 0) is 6.54 Å². The van der Waals surface area contributed by atoms with Crippen LogP contribution in [0.3, 0.4) is 0 Å². The Balaban J connectivity index is 1.72. The van der Waals surface area contributed by atoms with Gasteiger partial charge >= 0.3 is 0 Å². The maximum absolute atomic E-state index is 13.3. The Hall–Kier alpha value is -3.74. The highest BCUT2D eigenvalue weighted by Crippen LogP contribution is 2.21. The lowest BCUT2D eigenvalue weighted by molar-refractivity contribution is 0.0783. The zero-order valence-electron chi connectivity index (χ0n) is 15.2. The minimum atomic E-state index is -0.329. The van der Waals surface area contributed by atoms with Crippen molar-refractivity contribution in [2.75, 3.05) is 7.05 Å². The van der Waals surface area contributed by atoms with Gasteiger partial charge in [-0.1, -0.05) is 6.07 Å². The van der Waals surface area contributed by atoms with Gasteiger partial charge in [0.15, 0.2) is 5.82 Å². The molecular formula is C21H18FN5O. The van der Waals surface area contributed by atoms with Gasteiger partial charge in [0.1, 0.15) is 11.4 Å². The van der Waals surface area contributed by atoms with E-state index in [4.69, 9.17) is 0 Å². The molecule has 0 fully saturated rings. The number of carbonyl (C=O) groups is 1. The second kappa shape index (κ2) is 7.48. The molecule has 0 aliphatic rings. The van der Waals surface area contributed by atoms with E-state index >= 15 is 0 Å². The van der Waals surface area contributed by atoms with Gasteiger partial charge in [-0.15, -0.1) is 0 Å². The topological polar surface area (TPSA) is 56.0 Å². The number of hydrogen-bond acceptors (Lipinski definition) is 3. The zero-order chi connectivity index (χ0) is 19.5. The molecular weight excluding hydrogens is 357 g/mol. The van der Waals surface area contributed by atoms with E-state index in [0.717, 1.165) is 5.69 Å². The van der Waals surface area contributed by atoms with Gasteiger partial charge in [-0.2, -0.15) is 5.10 Å². The van der Waals surface area contributed by atoms with Crippen LogP contribution in [0.2, 0.25) is 0 Å². The van der Waals surface area contributed by atoms with Gasteiger partial charge in [0.2, 0.25) is 0 Å². The molecule has 0 saturated heterocycles. The van der Waals surface area contributed by atoms with Gasteiger partial charge in [-0.25, -0.2) is 9.07 Å². The number of hydrogen-bond donors (Lipinski definition) is 0. The first-order chi connectivity index (χ1) is 13.6. The lowest BCUT2D eigenvalue weighted by Crippen LogP contribution is -2.27. The van der Waals surface area contributed by atoms with Crippen molar-refractivity contribution >= 4 is 5.91 Å². The van der Waals surface area contributed by atoms with Crippen LogP contribution in [0, 0.1) is 5.82 Å². The van der Waals surface area contributed by atoms with E-state index in [9.17, 15) is 9.18 Å². The monoisotopic (exact) mass is 375 g/mol. The lowest BCUT2D eigenvalue weighted by Gasteiger charge is -2.17. The number of amides is 1. The zero-order valence-corrected chi connectivity index (χ0v) is 15.2. The predicted octanol–water partition coefficient (Wildman–Crippen LogP) is 3.47. The lowest BCUT2D eigenvalue weighted by atomic mass is 10.2. The molecule has 6 nitrogen and oxygen atoms in total. The quantitative estimate of drug-likeness (QED) is 0.537. The smallest absolute Gasteiger partial charge is 0.259 e. The fourth-order valence-corrected chi connectivity index (χ4v) is 3.00. The number of nitrogens with zero attached hydrogens (tertiary/aromatic N) is 5. The van der Waals surface area contributed by atoms with Crippen LogP contribution >= 0.6 is 0 Å². The highest BCUT2D eigenvalue weighted by atomic mass is 19.1. The number of rotatable bonds is 5. The van der Waals surface area contributed by atoms with Crippen molar-refractivity contribution in [2.45, 2.75) is 6.54 Å². The molecule has 0 aliphatic carbocycles. The second-order valence-electron chi connectivity index (χ2n) is 6.34. The van der Waals surface area contributed by atoms with Crippen molar-refractivity contribution in [1.82, 2.24) is 24.2 Å². The van der Waals surface area contributed by atoms with E-state index in [2.05, 4.69) is 10.1 Å². The Kier molecular flexibility index (Phi) is 4.72. The van der Waals surface area contributed by atoms with Crippen LogP contribution in [0.4, 0.5) is 4.39 Å². The van der Waals surface area contributed by atoms with Gasteiger partial charge in [0.05, 0.1) is 24.1 Å². The first kappa shape index (κ1) is 17.7. The molecule has 0 unspecified atom stereocenters. The molecule has 7 heteroatoms. The SMILES string of the molecule is CN(Cc1ccccn1)C(=O)c1cnn(-c2ccc(F)cc2)c1-n1cccc1. The van der Waals surface area contributed by atoms with Crippen LogP contribution in [0.5, 0.6) is 0 Å². The molecule has 0 bridgehead atoms. The summed E-state index contributed by atoms with van der Waals surface area (Å²) in [5.41, 5.74) is 1.90. The second-order valence-corrected chi connectivity index (χ2v) is 6.34. The minimum absolute atomic E-state index is 0.178. The Morgan fingerprint density at radius 2 is 1.82 bits per heavy atom. The fourth-order valence-electron chi connectivity index (χ4n) is 3.00. The van der Waals surface area contributed by atoms with E-state index in [1.807, 2.05) is 47.3 Å². The molecule has 28 heavy (non-hydrogen) atoms. The van der Waals surface area contributed by atoms with Crippen molar-refractivity contribution < 1.29 is 9.18 Å². The molecule has 0 saturated carbocycles. The van der Waals surface area contributed by atoms with Crippen LogP contribution in [0.1, 0.15) is 16.1 Å². The highest BCUT2D eigenvalue weighted by Gasteiger charge is 2.23. The van der Waals surface area contributed by atoms with Crippen molar-refractivity contribution in [1.29, 1.82) is 0 Å². The molecule has 1 amide bonds. The summed E-state index contributed by atoms with van der Waals surface area (Å²) < 4.78 is 16.8. The fraction of sp³-hybridized carbons (Fsp3) is 0.0952. The molecule has 0 atom stereocenters. The number of halogens is 1. The van der Waals surface area contributed by atoms with Gasteiger partial charge in [-0.3, -0.25) is 9.78 Å². The van der Waals surface area contributed by atoms with Crippen LogP contribution in [0.25, 0.3) is 11.5 Å². The number of benzene rings is 1. The van der Waals surface area contributed by atoms with Gasteiger partial charge < -0.3 is 9.47 Å². The summed E-state index contributed by atoms with van der Waals surface area (Å²) in [6.45, 7) is 0.381. The average molecular weight is 375 g/mol. The number of pyridine rings is 1. The van der Waals surface area contributed by atoms with Crippen LogP contribution in [0.15, 0.2) is 79.4 Å². The molecule has 4 rings (SSSR count). The molecule has 0 N–H and O–H groups in total. The number of aromatic nitrogens is 4. The summed E-state index contributed by atoms with van der Waals surface area (Å²) in [5, 5.41) is 4.39. The molecule has 3 aromatic heterocycles. The summed E-state index contributed by atoms with van der Waals surface area (Å²) in [6.07, 6.45) is 6.92. The molecule has 0 aliphatic heterocycles.